The number of fused-ring (bicyclic) bond motifs is 1. The molecule has 1 aromatic heterocycles. The lowest BCUT2D eigenvalue weighted by Crippen LogP contribution is -2.38. The van der Waals surface area contributed by atoms with Crippen LogP contribution in [0.2, 0.25) is 5.02 Å². The zero-order valence-corrected chi connectivity index (χ0v) is 18.1. The molecule has 0 atom stereocenters. The van der Waals surface area contributed by atoms with Gasteiger partial charge in [-0.15, -0.1) is 0 Å². The van der Waals surface area contributed by atoms with Crippen LogP contribution in [0.1, 0.15) is 23.7 Å². The van der Waals surface area contributed by atoms with Gasteiger partial charge in [-0.2, -0.15) is 0 Å². The lowest BCUT2D eigenvalue weighted by atomic mass is 10.1. The molecule has 0 saturated carbocycles. The number of ether oxygens (including phenoxy) is 1. The van der Waals surface area contributed by atoms with E-state index in [1.165, 1.54) is 22.2 Å². The average molecular weight is 416 g/mol. The Labute approximate surface area is 176 Å². The SMILES string of the molecule is CCOc1ccc(CN(CCc2c(C)[nH]c3ccc(Cl)cc23)C(=S)NC)cc1. The van der Waals surface area contributed by atoms with Gasteiger partial charge < -0.3 is 19.9 Å². The first-order valence-electron chi connectivity index (χ1n) is 9.47. The van der Waals surface area contributed by atoms with Gasteiger partial charge in [0.25, 0.3) is 0 Å². The van der Waals surface area contributed by atoms with Crippen LogP contribution in [0.4, 0.5) is 0 Å². The van der Waals surface area contributed by atoms with Gasteiger partial charge in [-0.3, -0.25) is 0 Å². The molecule has 0 spiro atoms. The Hall–Kier alpha value is -2.24. The van der Waals surface area contributed by atoms with Crippen molar-refractivity contribution in [1.82, 2.24) is 15.2 Å². The molecule has 6 heteroatoms. The first-order chi connectivity index (χ1) is 13.5. The van der Waals surface area contributed by atoms with Crippen molar-refractivity contribution in [2.45, 2.75) is 26.8 Å². The third-order valence-corrected chi connectivity index (χ3v) is 5.52. The molecule has 0 saturated heterocycles. The van der Waals surface area contributed by atoms with Crippen LogP contribution < -0.4 is 10.1 Å². The van der Waals surface area contributed by atoms with Crippen LogP contribution >= 0.6 is 23.8 Å². The Bertz CT molecular complexity index is 952. The van der Waals surface area contributed by atoms with E-state index >= 15 is 0 Å². The molecule has 0 amide bonds. The summed E-state index contributed by atoms with van der Waals surface area (Å²) in [6.45, 7) is 6.32. The fourth-order valence-electron chi connectivity index (χ4n) is 3.41. The number of thiocarbonyl (C=S) groups is 1. The van der Waals surface area contributed by atoms with Gasteiger partial charge in [-0.25, -0.2) is 0 Å². The minimum Gasteiger partial charge on any atom is -0.494 e. The molecule has 0 aliphatic carbocycles. The Morgan fingerprint density at radius 1 is 1.21 bits per heavy atom. The van der Waals surface area contributed by atoms with E-state index in [-0.39, 0.29) is 0 Å². The number of hydrogen-bond donors (Lipinski definition) is 2. The molecule has 0 aliphatic heterocycles. The van der Waals surface area contributed by atoms with Crippen molar-refractivity contribution in [2.75, 3.05) is 20.2 Å². The van der Waals surface area contributed by atoms with Gasteiger partial charge in [-0.05, 0) is 73.9 Å². The minimum absolute atomic E-state index is 0.670. The second-order valence-electron chi connectivity index (χ2n) is 6.72. The quantitative estimate of drug-likeness (QED) is 0.528. The number of aromatic amines is 1. The van der Waals surface area contributed by atoms with Crippen molar-refractivity contribution >= 4 is 39.8 Å². The van der Waals surface area contributed by atoms with Gasteiger partial charge in [0, 0.05) is 41.8 Å². The number of aryl methyl sites for hydroxylation is 1. The molecule has 4 nitrogen and oxygen atoms in total. The highest BCUT2D eigenvalue weighted by Crippen LogP contribution is 2.26. The first kappa shape index (κ1) is 20.5. The molecule has 148 valence electrons. The molecule has 0 aliphatic rings. The van der Waals surface area contributed by atoms with Crippen LogP contribution in [0.5, 0.6) is 5.75 Å². The van der Waals surface area contributed by atoms with E-state index < -0.39 is 0 Å². The summed E-state index contributed by atoms with van der Waals surface area (Å²) in [4.78, 5) is 5.64. The standard InChI is InChI=1S/C22H26ClN3OS/c1-4-27-18-8-5-16(6-9-18)14-26(22(28)24-3)12-11-19-15(2)25-21-10-7-17(23)13-20(19)21/h5-10,13,25H,4,11-12,14H2,1-3H3,(H,24,28). The largest absolute Gasteiger partial charge is 0.494 e. The number of nitrogens with zero attached hydrogens (tertiary/aromatic N) is 1. The third kappa shape index (κ3) is 4.78. The second kappa shape index (κ2) is 9.30. The summed E-state index contributed by atoms with van der Waals surface area (Å²) in [5.41, 5.74) is 4.77. The van der Waals surface area contributed by atoms with E-state index in [0.717, 1.165) is 40.9 Å². The van der Waals surface area contributed by atoms with Crippen LogP contribution in [0, 0.1) is 6.92 Å². The molecule has 1 heterocycles. The molecule has 3 aromatic rings. The summed E-state index contributed by atoms with van der Waals surface area (Å²) in [6.07, 6.45) is 0.880. The van der Waals surface area contributed by atoms with E-state index in [0.29, 0.717) is 6.61 Å². The Morgan fingerprint density at radius 2 is 1.96 bits per heavy atom. The van der Waals surface area contributed by atoms with Crippen LogP contribution in [-0.4, -0.2) is 35.2 Å². The maximum absolute atomic E-state index is 6.21. The lowest BCUT2D eigenvalue weighted by Gasteiger charge is -2.25. The molecule has 0 fully saturated rings. The molecular weight excluding hydrogens is 390 g/mol. The minimum atomic E-state index is 0.670. The Morgan fingerprint density at radius 3 is 2.64 bits per heavy atom. The first-order valence-corrected chi connectivity index (χ1v) is 10.3. The number of rotatable bonds is 7. The summed E-state index contributed by atoms with van der Waals surface area (Å²) >= 11 is 11.8. The van der Waals surface area contributed by atoms with Gasteiger partial charge in [0.1, 0.15) is 5.75 Å². The zero-order valence-electron chi connectivity index (χ0n) is 16.5. The summed E-state index contributed by atoms with van der Waals surface area (Å²) in [6, 6.07) is 14.2. The monoisotopic (exact) mass is 415 g/mol. The van der Waals surface area contributed by atoms with E-state index in [1.807, 2.05) is 44.3 Å². The van der Waals surface area contributed by atoms with Crippen LogP contribution in [0.15, 0.2) is 42.5 Å². The fraction of sp³-hybridized carbons (Fsp3) is 0.318. The molecule has 2 aromatic carbocycles. The fourth-order valence-corrected chi connectivity index (χ4v) is 3.74. The molecule has 28 heavy (non-hydrogen) atoms. The predicted molar refractivity (Wildman–Crippen MR) is 121 cm³/mol. The maximum Gasteiger partial charge on any atom is 0.168 e. The highest BCUT2D eigenvalue weighted by molar-refractivity contribution is 7.80. The smallest absolute Gasteiger partial charge is 0.168 e. The second-order valence-corrected chi connectivity index (χ2v) is 7.55. The summed E-state index contributed by atoms with van der Waals surface area (Å²) in [5, 5.41) is 5.79. The average Bonchev–Trinajstić information content (AvgIpc) is 3.00. The lowest BCUT2D eigenvalue weighted by molar-refractivity contribution is 0.340. The molecule has 3 rings (SSSR count). The number of nitrogens with one attached hydrogen (secondary N) is 2. The van der Waals surface area contributed by atoms with Crippen molar-refractivity contribution < 1.29 is 4.74 Å². The molecule has 0 radical (unpaired) electrons. The highest BCUT2D eigenvalue weighted by atomic mass is 35.5. The normalized spacial score (nSPS) is 10.9. The molecule has 0 bridgehead atoms. The van der Waals surface area contributed by atoms with Crippen molar-refractivity contribution in [3.05, 3.63) is 64.3 Å². The van der Waals surface area contributed by atoms with Gasteiger partial charge >= 0.3 is 0 Å². The van der Waals surface area contributed by atoms with E-state index in [9.17, 15) is 0 Å². The Kier molecular flexibility index (Phi) is 6.81. The summed E-state index contributed by atoms with van der Waals surface area (Å²) < 4.78 is 5.53. The zero-order chi connectivity index (χ0) is 20.1. The van der Waals surface area contributed by atoms with Crippen LogP contribution in [0.3, 0.4) is 0 Å². The van der Waals surface area contributed by atoms with Crippen molar-refractivity contribution in [3.8, 4) is 5.75 Å². The van der Waals surface area contributed by atoms with E-state index in [1.54, 1.807) is 0 Å². The molecule has 2 N–H and O–H groups in total. The highest BCUT2D eigenvalue weighted by Gasteiger charge is 2.14. The Balaban J connectivity index is 1.75. The van der Waals surface area contributed by atoms with Crippen LogP contribution in [0.25, 0.3) is 10.9 Å². The number of benzene rings is 2. The van der Waals surface area contributed by atoms with Crippen LogP contribution in [-0.2, 0) is 13.0 Å². The summed E-state index contributed by atoms with van der Waals surface area (Å²) in [5.74, 6) is 0.889. The maximum atomic E-state index is 6.21. The molecule has 0 unspecified atom stereocenters. The van der Waals surface area contributed by atoms with Crippen molar-refractivity contribution in [1.29, 1.82) is 0 Å². The van der Waals surface area contributed by atoms with Gasteiger partial charge in [0.15, 0.2) is 5.11 Å². The number of hydrogen-bond acceptors (Lipinski definition) is 2. The van der Waals surface area contributed by atoms with Gasteiger partial charge in [0.05, 0.1) is 6.61 Å². The number of H-pyrrole nitrogens is 1. The summed E-state index contributed by atoms with van der Waals surface area (Å²) in [7, 11) is 1.87. The van der Waals surface area contributed by atoms with Gasteiger partial charge in [0.2, 0.25) is 0 Å². The van der Waals surface area contributed by atoms with Crippen molar-refractivity contribution in [2.24, 2.45) is 0 Å². The van der Waals surface area contributed by atoms with E-state index in [4.69, 9.17) is 28.6 Å². The third-order valence-electron chi connectivity index (χ3n) is 4.82. The van der Waals surface area contributed by atoms with Crippen molar-refractivity contribution in [3.63, 3.8) is 0 Å². The predicted octanol–water partition coefficient (Wildman–Crippen LogP) is 5.08. The topological polar surface area (TPSA) is 40.3 Å². The van der Waals surface area contributed by atoms with E-state index in [2.05, 4.69) is 34.3 Å². The molecular formula is C22H26ClN3OS. The van der Waals surface area contributed by atoms with Gasteiger partial charge in [-0.1, -0.05) is 23.7 Å². The number of aromatic nitrogens is 1. The number of halogens is 1.